The van der Waals surface area contributed by atoms with Gasteiger partial charge in [-0.25, -0.2) is 0 Å². The van der Waals surface area contributed by atoms with Crippen LogP contribution in [0.15, 0.2) is 0 Å². The fourth-order valence-electron chi connectivity index (χ4n) is 2.35. The molecule has 3 nitrogen and oxygen atoms in total. The van der Waals surface area contributed by atoms with Gasteiger partial charge in [-0.15, -0.1) is 0 Å². The average molecular weight is 171 g/mol. The monoisotopic (exact) mass is 171 g/mol. The number of rotatable bonds is 3. The standard InChI is InChI=1S/C9H19N2O/c1-12-9-8-11-5-2-10(3-6-11)4-7-11/h2-9H2,1H3/q+1. The van der Waals surface area contributed by atoms with Crippen LogP contribution in [-0.2, 0) is 4.74 Å². The molecule has 0 atom stereocenters. The number of ether oxygens (including phenoxy) is 1. The molecule has 3 aliphatic heterocycles. The van der Waals surface area contributed by atoms with Crippen LogP contribution < -0.4 is 0 Å². The third-order valence-electron chi connectivity index (χ3n) is 3.44. The van der Waals surface area contributed by atoms with Gasteiger partial charge in [0.1, 0.15) is 6.54 Å². The van der Waals surface area contributed by atoms with E-state index in [1.165, 1.54) is 50.3 Å². The van der Waals surface area contributed by atoms with Gasteiger partial charge in [-0.3, -0.25) is 4.90 Å². The lowest BCUT2D eigenvalue weighted by atomic mass is 10.1. The number of hydrogen-bond acceptors (Lipinski definition) is 2. The SMILES string of the molecule is COCC[N+]12CCN(CC1)CC2. The summed E-state index contributed by atoms with van der Waals surface area (Å²) in [6.45, 7) is 10.1. The Morgan fingerprint density at radius 1 is 1.17 bits per heavy atom. The average Bonchev–Trinajstić information content (AvgIpc) is 2.18. The fourth-order valence-corrected chi connectivity index (χ4v) is 2.35. The molecule has 0 N–H and O–H groups in total. The van der Waals surface area contributed by atoms with Crippen LogP contribution in [0.2, 0.25) is 0 Å². The van der Waals surface area contributed by atoms with Gasteiger partial charge in [0.05, 0.1) is 26.2 Å². The van der Waals surface area contributed by atoms with E-state index in [0.717, 1.165) is 6.61 Å². The number of methoxy groups -OCH3 is 1. The van der Waals surface area contributed by atoms with E-state index >= 15 is 0 Å². The van der Waals surface area contributed by atoms with Crippen LogP contribution in [0.25, 0.3) is 0 Å². The van der Waals surface area contributed by atoms with E-state index in [4.69, 9.17) is 4.74 Å². The van der Waals surface area contributed by atoms with Gasteiger partial charge in [-0.05, 0) is 0 Å². The zero-order valence-corrected chi connectivity index (χ0v) is 7.96. The summed E-state index contributed by atoms with van der Waals surface area (Å²) in [5.41, 5.74) is 0. The molecule has 0 unspecified atom stereocenters. The van der Waals surface area contributed by atoms with Crippen LogP contribution in [0, 0.1) is 0 Å². The Kier molecular flexibility index (Phi) is 2.35. The lowest BCUT2D eigenvalue weighted by Gasteiger charge is -2.50. The summed E-state index contributed by atoms with van der Waals surface area (Å²) in [6, 6.07) is 0. The van der Waals surface area contributed by atoms with Crippen LogP contribution in [0.1, 0.15) is 0 Å². The summed E-state index contributed by atoms with van der Waals surface area (Å²) in [5, 5.41) is 0. The Balaban J connectivity index is 1.90. The van der Waals surface area contributed by atoms with Gasteiger partial charge in [0.15, 0.2) is 0 Å². The predicted octanol–water partition coefficient (Wildman–Crippen LogP) is -0.221. The molecule has 3 rings (SSSR count). The molecule has 12 heavy (non-hydrogen) atoms. The van der Waals surface area contributed by atoms with Crippen molar-refractivity contribution >= 4 is 0 Å². The number of nitrogens with zero attached hydrogens (tertiary/aromatic N) is 2. The number of fused-ring (bicyclic) bond motifs is 3. The van der Waals surface area contributed by atoms with Crippen LogP contribution in [0.5, 0.6) is 0 Å². The van der Waals surface area contributed by atoms with Crippen molar-refractivity contribution in [3.63, 3.8) is 0 Å². The van der Waals surface area contributed by atoms with E-state index in [1.54, 1.807) is 7.11 Å². The summed E-state index contributed by atoms with van der Waals surface area (Å²) < 4.78 is 6.48. The van der Waals surface area contributed by atoms with E-state index in [-0.39, 0.29) is 0 Å². The highest BCUT2D eigenvalue weighted by atomic mass is 16.5. The van der Waals surface area contributed by atoms with Crippen molar-refractivity contribution in [3.8, 4) is 0 Å². The van der Waals surface area contributed by atoms with Crippen LogP contribution in [-0.4, -0.2) is 68.9 Å². The van der Waals surface area contributed by atoms with Crippen LogP contribution in [0.3, 0.4) is 0 Å². The Morgan fingerprint density at radius 3 is 2.25 bits per heavy atom. The van der Waals surface area contributed by atoms with Crippen LogP contribution >= 0.6 is 0 Å². The summed E-state index contributed by atoms with van der Waals surface area (Å²) in [7, 11) is 1.80. The molecule has 0 aromatic rings. The van der Waals surface area contributed by atoms with Crippen molar-refractivity contribution in [1.29, 1.82) is 0 Å². The van der Waals surface area contributed by atoms with E-state index in [9.17, 15) is 0 Å². The molecule has 2 bridgehead atoms. The first-order chi connectivity index (χ1) is 5.85. The molecule has 0 aromatic carbocycles. The van der Waals surface area contributed by atoms with Crippen LogP contribution in [0.4, 0.5) is 0 Å². The molecular formula is C9H19N2O+. The first-order valence-electron chi connectivity index (χ1n) is 4.91. The maximum Gasteiger partial charge on any atom is 0.102 e. The van der Waals surface area contributed by atoms with Gasteiger partial charge in [-0.2, -0.15) is 0 Å². The maximum atomic E-state index is 5.16. The molecule has 3 heterocycles. The molecule has 0 aliphatic carbocycles. The highest BCUT2D eigenvalue weighted by Gasteiger charge is 2.37. The second-order valence-corrected chi connectivity index (χ2v) is 4.07. The molecule has 70 valence electrons. The van der Waals surface area contributed by atoms with Crippen molar-refractivity contribution in [3.05, 3.63) is 0 Å². The fraction of sp³-hybridized carbons (Fsp3) is 1.00. The van der Waals surface area contributed by atoms with Gasteiger partial charge < -0.3 is 9.22 Å². The Morgan fingerprint density at radius 2 is 1.75 bits per heavy atom. The number of hydrogen-bond donors (Lipinski definition) is 0. The third-order valence-corrected chi connectivity index (χ3v) is 3.44. The first kappa shape index (κ1) is 8.48. The molecule has 0 aromatic heterocycles. The molecule has 0 spiro atoms. The van der Waals surface area contributed by atoms with Crippen molar-refractivity contribution in [2.45, 2.75) is 0 Å². The molecule has 0 saturated carbocycles. The normalized spacial score (nSPS) is 40.2. The van der Waals surface area contributed by atoms with Gasteiger partial charge in [0.25, 0.3) is 0 Å². The second-order valence-electron chi connectivity index (χ2n) is 4.07. The number of piperazine rings is 3. The molecule has 3 fully saturated rings. The predicted molar refractivity (Wildman–Crippen MR) is 48.0 cm³/mol. The molecule has 3 aliphatic rings. The zero-order valence-electron chi connectivity index (χ0n) is 7.96. The Bertz CT molecular complexity index is 139. The van der Waals surface area contributed by atoms with Gasteiger partial charge in [-0.1, -0.05) is 0 Å². The minimum absolute atomic E-state index is 0.931. The molecular weight excluding hydrogens is 152 g/mol. The summed E-state index contributed by atoms with van der Waals surface area (Å²) >= 11 is 0. The molecule has 3 saturated heterocycles. The first-order valence-corrected chi connectivity index (χ1v) is 4.91. The molecule has 0 radical (unpaired) electrons. The highest BCUT2D eigenvalue weighted by Crippen LogP contribution is 2.18. The smallest absolute Gasteiger partial charge is 0.102 e. The van der Waals surface area contributed by atoms with E-state index in [0.29, 0.717) is 0 Å². The minimum atomic E-state index is 0.931. The van der Waals surface area contributed by atoms with E-state index in [2.05, 4.69) is 4.90 Å². The van der Waals surface area contributed by atoms with Gasteiger partial charge in [0.2, 0.25) is 0 Å². The van der Waals surface area contributed by atoms with Gasteiger partial charge in [0, 0.05) is 26.7 Å². The Hall–Kier alpha value is -0.120. The highest BCUT2D eigenvalue weighted by molar-refractivity contribution is 4.70. The molecule has 3 heteroatoms. The third kappa shape index (κ3) is 1.49. The van der Waals surface area contributed by atoms with Crippen molar-refractivity contribution < 1.29 is 9.22 Å². The minimum Gasteiger partial charge on any atom is -0.379 e. The quantitative estimate of drug-likeness (QED) is 0.544. The zero-order chi connectivity index (χ0) is 8.44. The summed E-state index contributed by atoms with van der Waals surface area (Å²) in [5.74, 6) is 0. The van der Waals surface area contributed by atoms with Crippen molar-refractivity contribution in [2.75, 3.05) is 59.5 Å². The van der Waals surface area contributed by atoms with Crippen molar-refractivity contribution in [2.24, 2.45) is 0 Å². The maximum absolute atomic E-state index is 5.16. The second kappa shape index (κ2) is 3.32. The lowest BCUT2D eigenvalue weighted by Crippen LogP contribution is -2.67. The van der Waals surface area contributed by atoms with Crippen molar-refractivity contribution in [1.82, 2.24) is 4.90 Å². The topological polar surface area (TPSA) is 12.5 Å². The number of quaternary nitrogens is 1. The molecule has 0 amide bonds. The van der Waals surface area contributed by atoms with Gasteiger partial charge >= 0.3 is 0 Å². The Labute approximate surface area is 74.5 Å². The van der Waals surface area contributed by atoms with E-state index in [1.807, 2.05) is 0 Å². The lowest BCUT2D eigenvalue weighted by molar-refractivity contribution is -0.941. The summed E-state index contributed by atoms with van der Waals surface area (Å²) in [6.07, 6.45) is 0. The van der Waals surface area contributed by atoms with E-state index < -0.39 is 0 Å². The largest absolute Gasteiger partial charge is 0.379 e. The summed E-state index contributed by atoms with van der Waals surface area (Å²) in [4.78, 5) is 2.58.